The van der Waals surface area contributed by atoms with Crippen molar-refractivity contribution in [2.75, 3.05) is 5.73 Å². The minimum atomic E-state index is 0.0837. The van der Waals surface area contributed by atoms with Crippen LogP contribution in [0.4, 0.5) is 5.82 Å². The van der Waals surface area contributed by atoms with Gasteiger partial charge in [0.15, 0.2) is 0 Å². The van der Waals surface area contributed by atoms with Gasteiger partial charge in [0.05, 0.1) is 16.4 Å². The second-order valence-electron chi connectivity index (χ2n) is 6.33. The van der Waals surface area contributed by atoms with Crippen LogP contribution in [-0.2, 0) is 11.8 Å². The molecular formula is C15H22N4S. The molecule has 0 fully saturated rings. The highest BCUT2D eigenvalue weighted by Gasteiger charge is 2.19. The van der Waals surface area contributed by atoms with E-state index in [-0.39, 0.29) is 5.41 Å². The van der Waals surface area contributed by atoms with E-state index < -0.39 is 0 Å². The largest absolute Gasteiger partial charge is 0.383 e. The number of thiazole rings is 1. The Balaban J connectivity index is 2.31. The summed E-state index contributed by atoms with van der Waals surface area (Å²) in [6.07, 6.45) is 2.26. The number of nitrogens with two attached hydrogens (primary N) is 1. The highest BCUT2D eigenvalue weighted by molar-refractivity contribution is 7.09. The predicted molar refractivity (Wildman–Crippen MR) is 84.2 cm³/mol. The zero-order valence-corrected chi connectivity index (χ0v) is 13.6. The second-order valence-corrected chi connectivity index (χ2v) is 7.27. The minimum absolute atomic E-state index is 0.0837. The summed E-state index contributed by atoms with van der Waals surface area (Å²) in [6.45, 7) is 10.7. The molecule has 5 heteroatoms. The average Bonchev–Trinajstić information content (AvgIpc) is 2.76. The SMILES string of the molecule is CC(C)c1c(N)ncnc1Cc1nc(C(C)(C)C)cs1. The molecule has 0 aromatic carbocycles. The summed E-state index contributed by atoms with van der Waals surface area (Å²) < 4.78 is 0. The molecule has 2 heterocycles. The van der Waals surface area contributed by atoms with Crippen LogP contribution in [0.1, 0.15) is 62.5 Å². The summed E-state index contributed by atoms with van der Waals surface area (Å²) in [5.74, 6) is 0.894. The van der Waals surface area contributed by atoms with Gasteiger partial charge in [-0.25, -0.2) is 15.0 Å². The molecule has 0 saturated heterocycles. The lowest BCUT2D eigenvalue weighted by molar-refractivity contribution is 0.571. The molecule has 2 aromatic heterocycles. The number of aromatic nitrogens is 3. The number of nitrogens with zero attached hydrogens (tertiary/aromatic N) is 3. The van der Waals surface area contributed by atoms with Crippen LogP contribution in [0, 0.1) is 0 Å². The summed E-state index contributed by atoms with van der Waals surface area (Å²) in [6, 6.07) is 0. The van der Waals surface area contributed by atoms with E-state index in [1.165, 1.54) is 6.33 Å². The Labute approximate surface area is 124 Å². The lowest BCUT2D eigenvalue weighted by Gasteiger charge is -2.14. The zero-order valence-electron chi connectivity index (χ0n) is 12.8. The number of hydrogen-bond acceptors (Lipinski definition) is 5. The van der Waals surface area contributed by atoms with Crippen molar-refractivity contribution in [2.45, 2.75) is 52.4 Å². The van der Waals surface area contributed by atoms with Gasteiger partial charge in [-0.05, 0) is 5.92 Å². The molecule has 0 aliphatic rings. The van der Waals surface area contributed by atoms with Crippen LogP contribution in [0.5, 0.6) is 0 Å². The van der Waals surface area contributed by atoms with Crippen LogP contribution >= 0.6 is 11.3 Å². The Morgan fingerprint density at radius 2 is 1.95 bits per heavy atom. The predicted octanol–water partition coefficient (Wildman–Crippen LogP) is 3.53. The van der Waals surface area contributed by atoms with E-state index >= 15 is 0 Å². The zero-order chi connectivity index (χ0) is 14.9. The molecule has 4 nitrogen and oxygen atoms in total. The summed E-state index contributed by atoms with van der Waals surface area (Å²) in [4.78, 5) is 13.2. The van der Waals surface area contributed by atoms with Gasteiger partial charge in [0.1, 0.15) is 12.1 Å². The molecule has 2 N–H and O–H groups in total. The molecule has 2 rings (SSSR count). The number of rotatable bonds is 3. The van der Waals surface area contributed by atoms with Gasteiger partial charge in [0, 0.05) is 22.8 Å². The summed E-state index contributed by atoms with van der Waals surface area (Å²) in [5, 5.41) is 3.21. The fourth-order valence-corrected chi connectivity index (χ4v) is 3.12. The fraction of sp³-hybridized carbons (Fsp3) is 0.533. The van der Waals surface area contributed by atoms with Gasteiger partial charge in [0.2, 0.25) is 0 Å². The molecule has 0 saturated carbocycles. The van der Waals surface area contributed by atoms with Crippen LogP contribution in [0.15, 0.2) is 11.7 Å². The van der Waals surface area contributed by atoms with Gasteiger partial charge < -0.3 is 5.73 Å². The van der Waals surface area contributed by atoms with Gasteiger partial charge in [-0.15, -0.1) is 11.3 Å². The first-order chi connectivity index (χ1) is 9.29. The third kappa shape index (κ3) is 3.15. The first kappa shape index (κ1) is 14.9. The van der Waals surface area contributed by atoms with Crippen LogP contribution in [0.3, 0.4) is 0 Å². The molecule has 108 valence electrons. The third-order valence-corrected chi connectivity index (χ3v) is 4.06. The average molecular weight is 290 g/mol. The highest BCUT2D eigenvalue weighted by Crippen LogP contribution is 2.28. The van der Waals surface area contributed by atoms with Crippen molar-refractivity contribution in [2.24, 2.45) is 0 Å². The van der Waals surface area contributed by atoms with Crippen LogP contribution < -0.4 is 5.73 Å². The number of nitrogen functional groups attached to an aromatic ring is 1. The van der Waals surface area contributed by atoms with Gasteiger partial charge in [0.25, 0.3) is 0 Å². The normalized spacial score (nSPS) is 12.1. The second kappa shape index (κ2) is 5.48. The van der Waals surface area contributed by atoms with Crippen LogP contribution in [0.25, 0.3) is 0 Å². The van der Waals surface area contributed by atoms with Crippen molar-refractivity contribution >= 4 is 17.2 Å². The topological polar surface area (TPSA) is 64.7 Å². The summed E-state index contributed by atoms with van der Waals surface area (Å²) >= 11 is 1.69. The molecule has 0 unspecified atom stereocenters. The van der Waals surface area contributed by atoms with Crippen molar-refractivity contribution in [3.63, 3.8) is 0 Å². The van der Waals surface area contributed by atoms with E-state index in [4.69, 9.17) is 10.7 Å². The third-order valence-electron chi connectivity index (χ3n) is 3.21. The van der Waals surface area contributed by atoms with E-state index in [9.17, 15) is 0 Å². The number of hydrogen-bond donors (Lipinski definition) is 1. The lowest BCUT2D eigenvalue weighted by Crippen LogP contribution is -2.12. The van der Waals surface area contributed by atoms with Crippen molar-refractivity contribution in [3.05, 3.63) is 33.7 Å². The molecule has 0 amide bonds. The molecule has 0 spiro atoms. The quantitative estimate of drug-likeness (QED) is 0.939. The molecule has 0 aliphatic heterocycles. The molecule has 2 aromatic rings. The van der Waals surface area contributed by atoms with E-state index in [1.54, 1.807) is 11.3 Å². The van der Waals surface area contributed by atoms with E-state index in [1.807, 2.05) is 0 Å². The first-order valence-corrected chi connectivity index (χ1v) is 7.71. The van der Waals surface area contributed by atoms with Gasteiger partial charge in [-0.3, -0.25) is 0 Å². The lowest BCUT2D eigenvalue weighted by atomic mass is 9.93. The smallest absolute Gasteiger partial charge is 0.130 e. The van der Waals surface area contributed by atoms with E-state index in [0.717, 1.165) is 28.4 Å². The maximum Gasteiger partial charge on any atom is 0.130 e. The van der Waals surface area contributed by atoms with Crippen LogP contribution in [0.2, 0.25) is 0 Å². The molecular weight excluding hydrogens is 268 g/mol. The Bertz CT molecular complexity index is 596. The van der Waals surface area contributed by atoms with Gasteiger partial charge in [-0.2, -0.15) is 0 Å². The molecule has 0 bridgehead atoms. The summed E-state index contributed by atoms with van der Waals surface area (Å²) in [7, 11) is 0. The standard InChI is InChI=1S/C15H22N4S/c1-9(2)13-10(17-8-18-14(13)16)6-12-19-11(7-20-12)15(3,4)5/h7-9H,6H2,1-5H3,(H2,16,17,18). The van der Waals surface area contributed by atoms with E-state index in [2.05, 4.69) is 50.0 Å². The number of anilines is 1. The Morgan fingerprint density at radius 1 is 1.25 bits per heavy atom. The maximum absolute atomic E-state index is 5.98. The molecule has 0 aliphatic carbocycles. The summed E-state index contributed by atoms with van der Waals surface area (Å²) in [5.41, 5.74) is 9.23. The van der Waals surface area contributed by atoms with Crippen molar-refractivity contribution in [1.82, 2.24) is 15.0 Å². The van der Waals surface area contributed by atoms with E-state index in [0.29, 0.717) is 11.7 Å². The fourth-order valence-electron chi connectivity index (χ4n) is 2.10. The van der Waals surface area contributed by atoms with Gasteiger partial charge >= 0.3 is 0 Å². The highest BCUT2D eigenvalue weighted by atomic mass is 32.1. The first-order valence-electron chi connectivity index (χ1n) is 6.83. The Hall–Kier alpha value is -1.49. The van der Waals surface area contributed by atoms with Crippen molar-refractivity contribution in [1.29, 1.82) is 0 Å². The molecule has 0 radical (unpaired) electrons. The van der Waals surface area contributed by atoms with Crippen molar-refractivity contribution < 1.29 is 0 Å². The Morgan fingerprint density at radius 3 is 2.50 bits per heavy atom. The molecule has 0 atom stereocenters. The maximum atomic E-state index is 5.98. The Kier molecular flexibility index (Phi) is 4.09. The molecule has 20 heavy (non-hydrogen) atoms. The monoisotopic (exact) mass is 290 g/mol. The van der Waals surface area contributed by atoms with Gasteiger partial charge in [-0.1, -0.05) is 34.6 Å². The minimum Gasteiger partial charge on any atom is -0.383 e. The van der Waals surface area contributed by atoms with Crippen LogP contribution in [-0.4, -0.2) is 15.0 Å². The van der Waals surface area contributed by atoms with Crippen molar-refractivity contribution in [3.8, 4) is 0 Å².